The molecule has 0 heterocycles. The van der Waals surface area contributed by atoms with Crippen LogP contribution in [0.4, 0.5) is 0 Å². The molecule has 0 aromatic rings. The number of rotatable bonds is 0. The SMILES string of the molecule is [Co+2].[Fe+2].[Mn+2].[Ni+2].[OH-].[OH-].[OH-].[OH-].[OH-].[OH-].[OH-].[OH-]. The fourth-order valence-corrected chi connectivity index (χ4v) is 0. The van der Waals surface area contributed by atoms with Crippen molar-refractivity contribution in [3.05, 3.63) is 0 Å². The third-order valence-corrected chi connectivity index (χ3v) is 0. The summed E-state index contributed by atoms with van der Waals surface area (Å²) in [5, 5.41) is 0. The molecule has 0 aromatic heterocycles. The van der Waals surface area contributed by atoms with Gasteiger partial charge in [-0.15, -0.1) is 0 Å². The summed E-state index contributed by atoms with van der Waals surface area (Å²) in [6, 6.07) is 0. The zero-order chi connectivity index (χ0) is 0. The largest absolute Gasteiger partial charge is 2.00 e. The molecular weight excluding hydrogens is 356 g/mol. The molecule has 0 saturated carbocycles. The van der Waals surface area contributed by atoms with E-state index in [0.717, 1.165) is 0 Å². The van der Waals surface area contributed by atoms with Gasteiger partial charge < -0.3 is 43.8 Å². The van der Waals surface area contributed by atoms with Crippen molar-refractivity contribution >= 4 is 0 Å². The van der Waals surface area contributed by atoms with Crippen LogP contribution in [0.3, 0.4) is 0 Å². The van der Waals surface area contributed by atoms with Crippen LogP contribution in [0, 0.1) is 0 Å². The van der Waals surface area contributed by atoms with Gasteiger partial charge in [-0.1, -0.05) is 0 Å². The zero-order valence-corrected chi connectivity index (χ0v) is 9.27. The molecule has 12 heavy (non-hydrogen) atoms. The monoisotopic (exact) mass is 364 g/mol. The molecule has 0 spiro atoms. The molecule has 0 atom stereocenters. The van der Waals surface area contributed by atoms with Crippen molar-refractivity contribution in [1.29, 1.82) is 0 Å². The summed E-state index contributed by atoms with van der Waals surface area (Å²) in [6.45, 7) is 0. The van der Waals surface area contributed by atoms with Gasteiger partial charge in [0.2, 0.25) is 0 Å². The summed E-state index contributed by atoms with van der Waals surface area (Å²) in [4.78, 5) is 0. The van der Waals surface area contributed by atoms with E-state index in [1.165, 1.54) is 0 Å². The summed E-state index contributed by atoms with van der Waals surface area (Å²) in [6.07, 6.45) is 0. The normalized spacial score (nSPS) is 0. The van der Waals surface area contributed by atoms with Gasteiger partial charge in [-0.2, -0.15) is 0 Å². The Hall–Kier alpha value is 1.72. The third-order valence-electron chi connectivity index (χ3n) is 0. The van der Waals surface area contributed by atoms with E-state index in [2.05, 4.69) is 0 Å². The van der Waals surface area contributed by atoms with Gasteiger partial charge in [-0.25, -0.2) is 0 Å². The molecule has 0 aromatic carbocycles. The van der Waals surface area contributed by atoms with Crippen molar-refractivity contribution in [1.82, 2.24) is 0 Å². The van der Waals surface area contributed by atoms with Crippen LogP contribution in [-0.2, 0) is 67.4 Å². The van der Waals surface area contributed by atoms with Gasteiger partial charge in [0.25, 0.3) is 0 Å². The molecule has 0 aliphatic carbocycles. The number of hydrogen-bond acceptors (Lipinski definition) is 8. The molecule has 8 nitrogen and oxygen atoms in total. The maximum atomic E-state index is 0. The Morgan fingerprint density at radius 2 is 0.417 bits per heavy atom. The minimum absolute atomic E-state index is 0. The predicted molar refractivity (Wildman–Crippen MR) is 15.5 cm³/mol. The van der Waals surface area contributed by atoms with E-state index in [1.54, 1.807) is 0 Å². The second-order valence-corrected chi connectivity index (χ2v) is 0. The van der Waals surface area contributed by atoms with Crippen LogP contribution in [0.1, 0.15) is 0 Å². The maximum absolute atomic E-state index is 0. The molecule has 12 heteroatoms. The summed E-state index contributed by atoms with van der Waals surface area (Å²) >= 11 is 0. The van der Waals surface area contributed by atoms with E-state index in [0.29, 0.717) is 0 Å². The van der Waals surface area contributed by atoms with Gasteiger partial charge >= 0.3 is 67.4 Å². The Morgan fingerprint density at radius 1 is 0.417 bits per heavy atom. The van der Waals surface area contributed by atoms with E-state index in [4.69, 9.17) is 0 Å². The van der Waals surface area contributed by atoms with Gasteiger partial charge in [-0.3, -0.25) is 0 Å². The fraction of sp³-hybridized carbons (Fsp3) is 0. The molecular formula is H8CoFeMnNiO8. The van der Waals surface area contributed by atoms with Crippen LogP contribution in [0.25, 0.3) is 0 Å². The molecule has 0 fully saturated rings. The minimum Gasteiger partial charge on any atom is -0.870 e. The second-order valence-electron chi connectivity index (χ2n) is 0. The maximum Gasteiger partial charge on any atom is 2.00 e. The second kappa shape index (κ2) is 591. The Bertz CT molecular complexity index is 19.0. The van der Waals surface area contributed by atoms with Crippen LogP contribution < -0.4 is 0 Å². The molecule has 0 aliphatic heterocycles. The molecule has 0 aliphatic rings. The van der Waals surface area contributed by atoms with Crippen LogP contribution in [0.2, 0.25) is 0 Å². The molecule has 2 radical (unpaired) electrons. The summed E-state index contributed by atoms with van der Waals surface area (Å²) in [5.74, 6) is 0. The molecule has 0 unspecified atom stereocenters. The quantitative estimate of drug-likeness (QED) is 0.460. The molecule has 0 rings (SSSR count). The van der Waals surface area contributed by atoms with E-state index >= 15 is 0 Å². The van der Waals surface area contributed by atoms with E-state index in [9.17, 15) is 0 Å². The first-order chi connectivity index (χ1) is 0. The summed E-state index contributed by atoms with van der Waals surface area (Å²) in [7, 11) is 0. The van der Waals surface area contributed by atoms with Crippen LogP contribution >= 0.6 is 0 Å². The Balaban J connectivity index is 0. The van der Waals surface area contributed by atoms with Crippen LogP contribution in [0.5, 0.6) is 0 Å². The minimum atomic E-state index is 0. The molecule has 0 amide bonds. The summed E-state index contributed by atoms with van der Waals surface area (Å²) < 4.78 is 0. The predicted octanol–water partition coefficient (Wildman–Crippen LogP) is -1.42. The van der Waals surface area contributed by atoms with Gasteiger partial charge in [-0.05, 0) is 0 Å². The first-order valence-electron chi connectivity index (χ1n) is 0. The van der Waals surface area contributed by atoms with E-state index in [1.807, 2.05) is 0 Å². The standard InChI is InChI=1S/Co.Fe.Mn.Ni.8H2O/h;;;;8*1H2/q4*+2;;;;;;;;/p-8. The van der Waals surface area contributed by atoms with Crippen molar-refractivity contribution in [3.8, 4) is 0 Å². The molecule has 8 N–H and O–H groups in total. The molecule has 0 bridgehead atoms. The Morgan fingerprint density at radius 3 is 0.417 bits per heavy atom. The van der Waals surface area contributed by atoms with Gasteiger partial charge in [0.15, 0.2) is 0 Å². The first-order valence-corrected chi connectivity index (χ1v) is 0. The van der Waals surface area contributed by atoms with Crippen molar-refractivity contribution < 1.29 is 111 Å². The van der Waals surface area contributed by atoms with Gasteiger partial charge in [0.05, 0.1) is 0 Å². The number of hydrogen-bond donors (Lipinski definition) is 0. The molecule has 0 saturated heterocycles. The first kappa shape index (κ1) is 751. The Labute approximate surface area is 111 Å². The van der Waals surface area contributed by atoms with Gasteiger partial charge in [0, 0.05) is 0 Å². The molecule has 90 valence electrons. The third kappa shape index (κ3) is 456. The average Bonchev–Trinajstić information content (AvgIpc) is 0. The zero-order valence-electron chi connectivity index (χ0n) is 4.96. The average molecular weight is 364 g/mol. The Kier molecular flexibility index (Phi) is 37000. The van der Waals surface area contributed by atoms with Gasteiger partial charge in [0.1, 0.15) is 0 Å². The van der Waals surface area contributed by atoms with Crippen molar-refractivity contribution in [2.24, 2.45) is 0 Å². The van der Waals surface area contributed by atoms with Crippen LogP contribution in [-0.4, -0.2) is 43.8 Å². The van der Waals surface area contributed by atoms with E-state index in [-0.39, 0.29) is 111 Å². The topological polar surface area (TPSA) is 240 Å². The van der Waals surface area contributed by atoms with Crippen LogP contribution in [0.15, 0.2) is 0 Å². The van der Waals surface area contributed by atoms with Crippen molar-refractivity contribution in [3.63, 3.8) is 0 Å². The fourth-order valence-electron chi connectivity index (χ4n) is 0. The smallest absolute Gasteiger partial charge is 0.870 e. The summed E-state index contributed by atoms with van der Waals surface area (Å²) in [5.41, 5.74) is 0. The van der Waals surface area contributed by atoms with E-state index < -0.39 is 0 Å². The van der Waals surface area contributed by atoms with Crippen molar-refractivity contribution in [2.45, 2.75) is 0 Å². The van der Waals surface area contributed by atoms with Crippen molar-refractivity contribution in [2.75, 3.05) is 0 Å².